The molecule has 1 fully saturated rings. The van der Waals surface area contributed by atoms with E-state index in [1.807, 2.05) is 13.8 Å². The molecular weight excluding hydrogens is 335 g/mol. The molecule has 2 heterocycles. The molecule has 26 heavy (non-hydrogen) atoms. The summed E-state index contributed by atoms with van der Waals surface area (Å²) in [7, 11) is 0. The van der Waals surface area contributed by atoms with Crippen LogP contribution in [-0.4, -0.2) is 46.4 Å². The van der Waals surface area contributed by atoms with Crippen molar-refractivity contribution in [3.8, 4) is 11.3 Å². The number of rotatable bonds is 4. The van der Waals surface area contributed by atoms with Gasteiger partial charge in [-0.3, -0.25) is 0 Å². The summed E-state index contributed by atoms with van der Waals surface area (Å²) in [4.78, 5) is 18.4. The van der Waals surface area contributed by atoms with Crippen LogP contribution in [0.5, 0.6) is 0 Å². The number of carbonyl (C=O) groups excluding carboxylic acids is 1. The molecule has 8 heteroatoms. The fourth-order valence-electron chi connectivity index (χ4n) is 2.90. The third-order valence-corrected chi connectivity index (χ3v) is 4.22. The number of hydrogen-bond acceptors (Lipinski definition) is 5. The zero-order valence-corrected chi connectivity index (χ0v) is 14.9. The first-order valence-corrected chi connectivity index (χ1v) is 8.79. The molecule has 0 saturated carbocycles. The molecule has 1 aromatic carbocycles. The molecule has 0 unspecified atom stereocenters. The van der Waals surface area contributed by atoms with E-state index < -0.39 is 0 Å². The van der Waals surface area contributed by atoms with Crippen LogP contribution in [0.25, 0.3) is 11.3 Å². The Morgan fingerprint density at radius 2 is 1.92 bits per heavy atom. The average Bonchev–Trinajstić information content (AvgIpc) is 2.62. The Bertz CT molecular complexity index is 744. The van der Waals surface area contributed by atoms with Crippen LogP contribution in [0.3, 0.4) is 0 Å². The van der Waals surface area contributed by atoms with E-state index in [1.165, 1.54) is 12.1 Å². The summed E-state index contributed by atoms with van der Waals surface area (Å²) in [5, 5.41) is 14.0. The zero-order chi connectivity index (χ0) is 18.5. The molecule has 0 atom stereocenters. The van der Waals surface area contributed by atoms with Gasteiger partial charge in [0, 0.05) is 30.7 Å². The summed E-state index contributed by atoms with van der Waals surface area (Å²) >= 11 is 0. The molecule has 1 aromatic heterocycles. The van der Waals surface area contributed by atoms with Gasteiger partial charge in [-0.05, 0) is 51.0 Å². The quantitative estimate of drug-likeness (QED) is 0.877. The first-order chi connectivity index (χ1) is 12.5. The number of halogens is 1. The molecule has 1 aliphatic rings. The summed E-state index contributed by atoms with van der Waals surface area (Å²) in [6.45, 7) is 5.34. The number of anilines is 1. The normalized spacial score (nSPS) is 15.2. The van der Waals surface area contributed by atoms with Crippen molar-refractivity contribution in [1.29, 1.82) is 0 Å². The Kier molecular flexibility index (Phi) is 5.60. The molecule has 7 nitrogen and oxygen atoms in total. The number of amides is 2. The molecule has 0 aliphatic carbocycles. The van der Waals surface area contributed by atoms with E-state index in [0.29, 0.717) is 11.6 Å². The summed E-state index contributed by atoms with van der Waals surface area (Å²) in [5.74, 6) is 0.268. The van der Waals surface area contributed by atoms with Gasteiger partial charge in [0.25, 0.3) is 0 Å². The highest BCUT2D eigenvalue weighted by molar-refractivity contribution is 5.74. The van der Waals surface area contributed by atoms with E-state index >= 15 is 0 Å². The molecule has 2 amide bonds. The first-order valence-electron chi connectivity index (χ1n) is 8.79. The second-order valence-electron chi connectivity index (χ2n) is 6.68. The fraction of sp³-hybridized carbons (Fsp3) is 0.444. The Labute approximate surface area is 152 Å². The second kappa shape index (κ2) is 8.07. The molecule has 0 spiro atoms. The largest absolute Gasteiger partial charge is 0.339 e. The van der Waals surface area contributed by atoms with Crippen molar-refractivity contribution in [2.75, 3.05) is 18.0 Å². The summed E-state index contributed by atoms with van der Waals surface area (Å²) in [6, 6.07) is 6.27. The molecule has 2 N–H and O–H groups in total. The highest BCUT2D eigenvalue weighted by Gasteiger charge is 2.23. The number of urea groups is 1. The predicted molar refractivity (Wildman–Crippen MR) is 97.3 cm³/mol. The van der Waals surface area contributed by atoms with Gasteiger partial charge in [0.05, 0.1) is 11.9 Å². The lowest BCUT2D eigenvalue weighted by molar-refractivity contribution is 0.232. The minimum Gasteiger partial charge on any atom is -0.339 e. The zero-order valence-electron chi connectivity index (χ0n) is 14.9. The maximum atomic E-state index is 13.1. The van der Waals surface area contributed by atoms with Crippen LogP contribution in [-0.2, 0) is 0 Å². The van der Waals surface area contributed by atoms with E-state index in [2.05, 4.69) is 30.7 Å². The number of hydrogen-bond donors (Lipinski definition) is 2. The van der Waals surface area contributed by atoms with Crippen LogP contribution in [0.1, 0.15) is 26.7 Å². The van der Waals surface area contributed by atoms with E-state index in [9.17, 15) is 9.18 Å². The first kappa shape index (κ1) is 18.0. The van der Waals surface area contributed by atoms with E-state index in [-0.39, 0.29) is 23.9 Å². The van der Waals surface area contributed by atoms with Gasteiger partial charge in [0.15, 0.2) is 0 Å². The van der Waals surface area contributed by atoms with Gasteiger partial charge >= 0.3 is 6.03 Å². The van der Waals surface area contributed by atoms with E-state index in [4.69, 9.17) is 0 Å². The lowest BCUT2D eigenvalue weighted by Gasteiger charge is -2.32. The molecular formula is C18H23FN6O. The van der Waals surface area contributed by atoms with Gasteiger partial charge in [-0.25, -0.2) is 14.2 Å². The number of carbonyl (C=O) groups is 1. The molecule has 0 bridgehead atoms. The van der Waals surface area contributed by atoms with Crippen molar-refractivity contribution in [2.24, 2.45) is 0 Å². The van der Waals surface area contributed by atoms with Crippen LogP contribution in [0, 0.1) is 5.82 Å². The maximum absolute atomic E-state index is 13.1. The predicted octanol–water partition coefficient (Wildman–Crippen LogP) is 2.35. The maximum Gasteiger partial charge on any atom is 0.315 e. The van der Waals surface area contributed by atoms with Crippen LogP contribution < -0.4 is 15.5 Å². The fourth-order valence-corrected chi connectivity index (χ4v) is 2.90. The van der Waals surface area contributed by atoms with Gasteiger partial charge < -0.3 is 15.5 Å². The monoisotopic (exact) mass is 358 g/mol. The number of nitrogens with zero attached hydrogens (tertiary/aromatic N) is 4. The van der Waals surface area contributed by atoms with Gasteiger partial charge in [0.1, 0.15) is 5.82 Å². The Hall–Kier alpha value is -2.77. The number of piperidine rings is 1. The van der Waals surface area contributed by atoms with Crippen molar-refractivity contribution in [3.05, 3.63) is 36.3 Å². The minimum atomic E-state index is -0.285. The van der Waals surface area contributed by atoms with Crippen LogP contribution in [0.2, 0.25) is 0 Å². The topological polar surface area (TPSA) is 83.0 Å². The summed E-state index contributed by atoms with van der Waals surface area (Å²) in [5.41, 5.74) is 1.45. The van der Waals surface area contributed by atoms with Gasteiger partial charge in [-0.2, -0.15) is 5.10 Å². The number of nitrogens with one attached hydrogen (secondary N) is 2. The van der Waals surface area contributed by atoms with Gasteiger partial charge in [0.2, 0.25) is 5.95 Å². The Morgan fingerprint density at radius 1 is 1.23 bits per heavy atom. The molecule has 138 valence electrons. The van der Waals surface area contributed by atoms with Gasteiger partial charge in [-0.1, -0.05) is 0 Å². The Balaban J connectivity index is 1.60. The summed E-state index contributed by atoms with van der Waals surface area (Å²) in [6.07, 6.45) is 3.20. The SMILES string of the molecule is CC(C)NC(=O)NC1CCN(c2nncc(-c3ccc(F)cc3)n2)CC1. The lowest BCUT2D eigenvalue weighted by atomic mass is 10.1. The minimum absolute atomic E-state index is 0.115. The number of benzene rings is 1. The van der Waals surface area contributed by atoms with Crippen molar-refractivity contribution in [3.63, 3.8) is 0 Å². The third kappa shape index (κ3) is 4.65. The molecule has 2 aromatic rings. The van der Waals surface area contributed by atoms with E-state index in [0.717, 1.165) is 31.5 Å². The highest BCUT2D eigenvalue weighted by Crippen LogP contribution is 2.20. The molecule has 1 saturated heterocycles. The Morgan fingerprint density at radius 3 is 2.58 bits per heavy atom. The average molecular weight is 358 g/mol. The van der Waals surface area contributed by atoms with Crippen LogP contribution in [0.15, 0.2) is 30.5 Å². The highest BCUT2D eigenvalue weighted by atomic mass is 19.1. The smallest absolute Gasteiger partial charge is 0.315 e. The van der Waals surface area contributed by atoms with Crippen LogP contribution in [0.4, 0.5) is 15.1 Å². The number of aromatic nitrogens is 3. The molecule has 0 radical (unpaired) electrons. The standard InChI is InChI=1S/C18H23FN6O/c1-12(2)21-18(26)22-15-7-9-25(10-8-15)17-23-16(11-20-24-17)13-3-5-14(19)6-4-13/h3-6,11-12,15H,7-10H2,1-2H3,(H2,21,22,26). The molecule has 1 aliphatic heterocycles. The van der Waals surface area contributed by atoms with Crippen molar-refractivity contribution in [2.45, 2.75) is 38.8 Å². The van der Waals surface area contributed by atoms with Crippen molar-refractivity contribution < 1.29 is 9.18 Å². The van der Waals surface area contributed by atoms with Gasteiger partial charge in [-0.15, -0.1) is 5.10 Å². The van der Waals surface area contributed by atoms with Crippen molar-refractivity contribution in [1.82, 2.24) is 25.8 Å². The third-order valence-electron chi connectivity index (χ3n) is 4.22. The van der Waals surface area contributed by atoms with E-state index in [1.54, 1.807) is 18.3 Å². The van der Waals surface area contributed by atoms with Crippen LogP contribution >= 0.6 is 0 Å². The summed E-state index contributed by atoms with van der Waals surface area (Å²) < 4.78 is 13.1. The molecule has 3 rings (SSSR count). The lowest BCUT2D eigenvalue weighted by Crippen LogP contribution is -2.49. The van der Waals surface area contributed by atoms with Crippen molar-refractivity contribution >= 4 is 12.0 Å². The second-order valence-corrected chi connectivity index (χ2v) is 6.68.